The molecule has 2 N–H and O–H groups in total. The number of thiophene rings is 1. The first kappa shape index (κ1) is 23.3. The largest absolute Gasteiger partial charge is 0.389 e. The summed E-state index contributed by atoms with van der Waals surface area (Å²) < 4.78 is 21.0. The highest BCUT2D eigenvalue weighted by Crippen LogP contribution is 2.44. The zero-order chi connectivity index (χ0) is 25.3. The standard InChI is InChI=1S/C25H25FN7OPS/c1-11-4-5-33(8-11)25-30-20-18(24(31-25)32(2)3)14-10-34-9-13(14)16(21(20)35)19-17-12(6-27)23(28)36-22(17)15(26)7-29-19/h7,11H,4-5,8-10,28,35H2,1-3H3. The lowest BCUT2D eigenvalue weighted by molar-refractivity contribution is 0.135. The van der Waals surface area contributed by atoms with Crippen molar-refractivity contribution < 1.29 is 9.13 Å². The van der Waals surface area contributed by atoms with Crippen molar-refractivity contribution in [1.29, 1.82) is 5.26 Å². The van der Waals surface area contributed by atoms with Crippen molar-refractivity contribution in [3.63, 3.8) is 0 Å². The van der Waals surface area contributed by atoms with Crippen LogP contribution in [0.4, 0.5) is 21.2 Å². The summed E-state index contributed by atoms with van der Waals surface area (Å²) in [5.74, 6) is 1.62. The van der Waals surface area contributed by atoms with Gasteiger partial charge < -0.3 is 20.3 Å². The number of nitriles is 1. The minimum Gasteiger partial charge on any atom is -0.389 e. The van der Waals surface area contributed by atoms with E-state index >= 15 is 0 Å². The van der Waals surface area contributed by atoms with E-state index in [1.807, 2.05) is 19.0 Å². The van der Waals surface area contributed by atoms with E-state index in [0.29, 0.717) is 40.9 Å². The van der Waals surface area contributed by atoms with Crippen molar-refractivity contribution in [2.45, 2.75) is 26.6 Å². The molecule has 11 heteroatoms. The summed E-state index contributed by atoms with van der Waals surface area (Å²) in [6.45, 7) is 4.84. The monoisotopic (exact) mass is 521 g/mol. The molecule has 5 heterocycles. The SMILES string of the molecule is CC1CCN(c2nc(N(C)C)c3c4c(c(-c5ncc(F)c6sc(N)c(C#N)c56)c(P)c3n2)COC4)C1. The Morgan fingerprint density at radius 1 is 1.28 bits per heavy atom. The average molecular weight is 522 g/mol. The Labute approximate surface area is 214 Å². The molecule has 2 aliphatic rings. The van der Waals surface area contributed by atoms with Gasteiger partial charge in [0, 0.05) is 48.8 Å². The predicted molar refractivity (Wildman–Crippen MR) is 145 cm³/mol. The van der Waals surface area contributed by atoms with Gasteiger partial charge in [0.05, 0.1) is 40.9 Å². The van der Waals surface area contributed by atoms with E-state index in [1.165, 1.54) is 6.20 Å². The third kappa shape index (κ3) is 3.34. The third-order valence-electron chi connectivity index (χ3n) is 7.04. The summed E-state index contributed by atoms with van der Waals surface area (Å²) >= 11 is 1.07. The highest BCUT2D eigenvalue weighted by Gasteiger charge is 2.31. The van der Waals surface area contributed by atoms with E-state index in [4.69, 9.17) is 20.4 Å². The van der Waals surface area contributed by atoms with Gasteiger partial charge in [0.15, 0.2) is 5.82 Å². The Kier molecular flexibility index (Phi) is 5.48. The van der Waals surface area contributed by atoms with E-state index in [9.17, 15) is 9.65 Å². The number of anilines is 3. The van der Waals surface area contributed by atoms with E-state index in [1.54, 1.807) is 0 Å². The molecule has 2 aliphatic heterocycles. The number of benzene rings is 1. The van der Waals surface area contributed by atoms with Gasteiger partial charge in [-0.3, -0.25) is 4.98 Å². The number of nitrogen functional groups attached to an aromatic ring is 1. The zero-order valence-electron chi connectivity index (χ0n) is 20.2. The Morgan fingerprint density at radius 2 is 2.06 bits per heavy atom. The number of hydrogen-bond acceptors (Lipinski definition) is 9. The summed E-state index contributed by atoms with van der Waals surface area (Å²) in [4.78, 5) is 18.8. The normalized spacial score (nSPS) is 17.2. The Morgan fingerprint density at radius 3 is 2.75 bits per heavy atom. The van der Waals surface area contributed by atoms with Gasteiger partial charge >= 0.3 is 0 Å². The number of nitrogens with zero attached hydrogens (tertiary/aromatic N) is 6. The molecule has 1 fully saturated rings. The van der Waals surface area contributed by atoms with Gasteiger partial charge in [0.1, 0.15) is 16.9 Å². The van der Waals surface area contributed by atoms with Crippen LogP contribution in [0, 0.1) is 23.1 Å². The van der Waals surface area contributed by atoms with Crippen LogP contribution >= 0.6 is 20.6 Å². The third-order valence-corrected chi connectivity index (χ3v) is 8.63. The van der Waals surface area contributed by atoms with E-state index in [0.717, 1.165) is 69.6 Å². The number of ether oxygens (including phenoxy) is 1. The van der Waals surface area contributed by atoms with Gasteiger partial charge in [0.25, 0.3) is 0 Å². The molecule has 0 bridgehead atoms. The zero-order valence-corrected chi connectivity index (χ0v) is 22.2. The quantitative estimate of drug-likeness (QED) is 0.405. The molecule has 8 nitrogen and oxygen atoms in total. The second-order valence-corrected chi connectivity index (χ2v) is 11.3. The van der Waals surface area contributed by atoms with Gasteiger partial charge in [-0.25, -0.2) is 9.37 Å². The topological polar surface area (TPSA) is 104 Å². The van der Waals surface area contributed by atoms with Crippen LogP contribution in [0.25, 0.3) is 32.2 Å². The van der Waals surface area contributed by atoms with Crippen LogP contribution in [0.1, 0.15) is 30.0 Å². The molecule has 3 aromatic heterocycles. The van der Waals surface area contributed by atoms with Gasteiger partial charge in [-0.1, -0.05) is 6.92 Å². The molecule has 36 heavy (non-hydrogen) atoms. The van der Waals surface area contributed by atoms with E-state index < -0.39 is 5.82 Å². The molecule has 1 aromatic carbocycles. The molecule has 6 rings (SSSR count). The van der Waals surface area contributed by atoms with Crippen molar-refractivity contribution in [1.82, 2.24) is 15.0 Å². The smallest absolute Gasteiger partial charge is 0.227 e. The lowest BCUT2D eigenvalue weighted by atomic mass is 9.94. The lowest BCUT2D eigenvalue weighted by Gasteiger charge is -2.23. The molecule has 184 valence electrons. The molecule has 0 saturated carbocycles. The number of fused-ring (bicyclic) bond motifs is 4. The van der Waals surface area contributed by atoms with Crippen LogP contribution < -0.4 is 20.8 Å². The molecule has 2 unspecified atom stereocenters. The predicted octanol–water partition coefficient (Wildman–Crippen LogP) is 3.94. The fourth-order valence-electron chi connectivity index (χ4n) is 5.31. The maximum atomic E-state index is 14.8. The summed E-state index contributed by atoms with van der Waals surface area (Å²) in [5.41, 5.74) is 10.4. The number of nitrogens with two attached hydrogens (primary N) is 1. The van der Waals surface area contributed by atoms with Crippen LogP contribution in [0.3, 0.4) is 0 Å². The lowest BCUT2D eigenvalue weighted by Crippen LogP contribution is -2.24. The molecule has 0 radical (unpaired) electrons. The average Bonchev–Trinajstić information content (AvgIpc) is 3.58. The molecule has 0 amide bonds. The van der Waals surface area contributed by atoms with Crippen LogP contribution in [0.2, 0.25) is 0 Å². The number of halogens is 1. The van der Waals surface area contributed by atoms with Crippen LogP contribution in [-0.2, 0) is 18.0 Å². The van der Waals surface area contributed by atoms with Crippen molar-refractivity contribution in [3.8, 4) is 17.3 Å². The highest BCUT2D eigenvalue weighted by molar-refractivity contribution is 7.29. The highest BCUT2D eigenvalue weighted by atomic mass is 32.1. The number of hydrogen-bond donors (Lipinski definition) is 1. The Bertz CT molecular complexity index is 1610. The summed E-state index contributed by atoms with van der Waals surface area (Å²) in [5, 5.41) is 12.3. The maximum absolute atomic E-state index is 14.8. The van der Waals surface area contributed by atoms with E-state index in [2.05, 4.69) is 32.1 Å². The van der Waals surface area contributed by atoms with Gasteiger partial charge in [-0.15, -0.1) is 20.6 Å². The molecular formula is C25H25FN7OPS. The van der Waals surface area contributed by atoms with Crippen molar-refractivity contribution in [3.05, 3.63) is 28.7 Å². The molecule has 2 atom stereocenters. The fraction of sp³-hybridized carbons (Fsp3) is 0.360. The summed E-state index contributed by atoms with van der Waals surface area (Å²) in [6.07, 6.45) is 2.30. The number of pyridine rings is 1. The van der Waals surface area contributed by atoms with Crippen molar-refractivity contribution in [2.24, 2.45) is 5.92 Å². The molecule has 0 spiro atoms. The minimum atomic E-state index is -0.492. The molecular weight excluding hydrogens is 496 g/mol. The second kappa shape index (κ2) is 8.48. The van der Waals surface area contributed by atoms with Crippen molar-refractivity contribution in [2.75, 3.05) is 42.7 Å². The first-order chi connectivity index (χ1) is 17.3. The second-order valence-electron chi connectivity index (χ2n) is 9.66. The number of aromatic nitrogens is 3. The van der Waals surface area contributed by atoms with Gasteiger partial charge in [-0.05, 0) is 23.5 Å². The first-order valence-corrected chi connectivity index (χ1v) is 13.1. The molecule has 0 aliphatic carbocycles. The summed E-state index contributed by atoms with van der Waals surface area (Å²) in [6, 6.07) is 2.16. The Balaban J connectivity index is 1.72. The minimum absolute atomic E-state index is 0.248. The maximum Gasteiger partial charge on any atom is 0.227 e. The van der Waals surface area contributed by atoms with Gasteiger partial charge in [-0.2, -0.15) is 10.2 Å². The van der Waals surface area contributed by atoms with Crippen molar-refractivity contribution >= 4 is 63.6 Å². The van der Waals surface area contributed by atoms with Crippen LogP contribution in [0.15, 0.2) is 6.20 Å². The molecule has 4 aromatic rings. The Hall–Kier alpha value is -3.12. The molecule has 1 saturated heterocycles. The fourth-order valence-corrected chi connectivity index (χ4v) is 6.75. The van der Waals surface area contributed by atoms with Crippen LogP contribution in [-0.4, -0.2) is 42.1 Å². The number of rotatable bonds is 3. The van der Waals surface area contributed by atoms with Crippen LogP contribution in [0.5, 0.6) is 0 Å². The van der Waals surface area contributed by atoms with Gasteiger partial charge in [0.2, 0.25) is 5.95 Å². The van der Waals surface area contributed by atoms with E-state index in [-0.39, 0.29) is 10.6 Å². The first-order valence-electron chi connectivity index (χ1n) is 11.7. The summed E-state index contributed by atoms with van der Waals surface area (Å²) in [7, 11) is 6.79.